The Morgan fingerprint density at radius 2 is 1.55 bits per heavy atom. The maximum atomic E-state index is 14.0. The Balaban J connectivity index is 1.55. The van der Waals surface area contributed by atoms with Gasteiger partial charge in [0.05, 0.1) is 35.2 Å². The van der Waals surface area contributed by atoms with Gasteiger partial charge in [-0.25, -0.2) is 9.69 Å². The van der Waals surface area contributed by atoms with Crippen LogP contribution in [0.5, 0.6) is 0 Å². The van der Waals surface area contributed by atoms with Gasteiger partial charge in [-0.05, 0) is 40.5 Å². The summed E-state index contributed by atoms with van der Waals surface area (Å²) in [5.74, 6) is -2.35. The van der Waals surface area contributed by atoms with Gasteiger partial charge in [-0.2, -0.15) is 0 Å². The third-order valence-electron chi connectivity index (χ3n) is 7.66. The number of methoxy groups -OCH3 is 1. The summed E-state index contributed by atoms with van der Waals surface area (Å²) in [5.41, 5.74) is 4.23. The zero-order valence-corrected chi connectivity index (χ0v) is 18.8. The van der Waals surface area contributed by atoms with Crippen molar-refractivity contribution in [1.29, 1.82) is 0 Å². The summed E-state index contributed by atoms with van der Waals surface area (Å²) in [4.78, 5) is 41.3. The second kappa shape index (κ2) is 6.78. The molecule has 0 N–H and O–H groups in total. The van der Waals surface area contributed by atoms with E-state index in [-0.39, 0.29) is 28.3 Å². The Bertz CT molecular complexity index is 1330. The van der Waals surface area contributed by atoms with Crippen LogP contribution >= 0.6 is 11.6 Å². The van der Waals surface area contributed by atoms with Crippen LogP contribution < -0.4 is 4.90 Å². The zero-order chi connectivity index (χ0) is 23.1. The molecule has 0 saturated carbocycles. The lowest BCUT2D eigenvalue weighted by Gasteiger charge is -2.52. The normalized spacial score (nSPS) is 26.6. The van der Waals surface area contributed by atoms with Gasteiger partial charge in [0, 0.05) is 11.3 Å². The van der Waals surface area contributed by atoms with E-state index in [1.165, 1.54) is 24.1 Å². The number of carbonyl (C=O) groups excluding carboxylic acids is 3. The summed E-state index contributed by atoms with van der Waals surface area (Å²) in [7, 11) is 1.26. The fourth-order valence-corrected chi connectivity index (χ4v) is 6.52. The van der Waals surface area contributed by atoms with Crippen molar-refractivity contribution in [3.8, 4) is 0 Å². The maximum absolute atomic E-state index is 14.0. The SMILES string of the molecule is COC(=O)c1cc(N2C(=O)[C@@H]3C4c5ccccc5C(C)(c5ccccc54)[C@H]3C2=O)ccc1Cl. The van der Waals surface area contributed by atoms with E-state index in [0.29, 0.717) is 5.69 Å². The Kier molecular flexibility index (Phi) is 4.15. The van der Waals surface area contributed by atoms with Crippen molar-refractivity contribution in [1.82, 2.24) is 0 Å². The molecule has 1 aliphatic heterocycles. The molecule has 3 aromatic rings. The molecule has 3 aliphatic carbocycles. The van der Waals surface area contributed by atoms with Gasteiger partial charge in [-0.1, -0.05) is 67.1 Å². The summed E-state index contributed by atoms with van der Waals surface area (Å²) in [6.07, 6.45) is 0. The smallest absolute Gasteiger partial charge is 0.339 e. The van der Waals surface area contributed by atoms with Crippen LogP contribution in [0.15, 0.2) is 66.7 Å². The number of anilines is 1. The number of benzene rings is 3. The van der Waals surface area contributed by atoms with Gasteiger partial charge in [0.2, 0.25) is 11.8 Å². The van der Waals surface area contributed by atoms with Crippen LogP contribution in [0.4, 0.5) is 5.69 Å². The zero-order valence-electron chi connectivity index (χ0n) is 18.0. The Morgan fingerprint density at radius 1 is 0.939 bits per heavy atom. The molecule has 6 heteroatoms. The minimum absolute atomic E-state index is 0.118. The van der Waals surface area contributed by atoms with Crippen LogP contribution in [0, 0.1) is 11.8 Å². The summed E-state index contributed by atoms with van der Waals surface area (Å²) in [5, 5.41) is 0.203. The molecule has 2 atom stereocenters. The Labute approximate surface area is 195 Å². The lowest BCUT2D eigenvalue weighted by Crippen LogP contribution is -2.51. The van der Waals surface area contributed by atoms with Crippen molar-refractivity contribution in [2.45, 2.75) is 18.3 Å². The second-order valence-corrected chi connectivity index (χ2v) is 9.43. The number of hydrogen-bond acceptors (Lipinski definition) is 4. The van der Waals surface area contributed by atoms with Crippen molar-refractivity contribution in [3.05, 3.63) is 99.6 Å². The van der Waals surface area contributed by atoms with Crippen LogP contribution in [0.25, 0.3) is 0 Å². The topological polar surface area (TPSA) is 63.7 Å². The molecule has 164 valence electrons. The van der Waals surface area contributed by atoms with Gasteiger partial charge < -0.3 is 4.74 Å². The van der Waals surface area contributed by atoms with Crippen molar-refractivity contribution in [3.63, 3.8) is 0 Å². The first-order valence-corrected chi connectivity index (χ1v) is 11.2. The molecular weight excluding hydrogens is 438 g/mol. The molecule has 33 heavy (non-hydrogen) atoms. The minimum atomic E-state index is -0.633. The van der Waals surface area contributed by atoms with Crippen LogP contribution in [0.1, 0.15) is 45.5 Å². The van der Waals surface area contributed by atoms with Gasteiger partial charge in [-0.3, -0.25) is 9.59 Å². The van der Waals surface area contributed by atoms with E-state index >= 15 is 0 Å². The van der Waals surface area contributed by atoms with Crippen LogP contribution in [-0.2, 0) is 19.7 Å². The predicted octanol–water partition coefficient (Wildman–Crippen LogP) is 4.70. The summed E-state index contributed by atoms with van der Waals surface area (Å²) >= 11 is 6.18. The molecule has 0 radical (unpaired) electrons. The van der Waals surface area contributed by atoms with Gasteiger partial charge in [-0.15, -0.1) is 0 Å². The van der Waals surface area contributed by atoms with Crippen molar-refractivity contribution in [2.75, 3.05) is 12.0 Å². The highest BCUT2D eigenvalue weighted by Crippen LogP contribution is 2.64. The first kappa shape index (κ1) is 20.2. The van der Waals surface area contributed by atoms with E-state index in [1.54, 1.807) is 6.07 Å². The van der Waals surface area contributed by atoms with Gasteiger partial charge in [0.1, 0.15) is 0 Å². The molecule has 5 nitrogen and oxygen atoms in total. The van der Waals surface area contributed by atoms with Crippen LogP contribution in [-0.4, -0.2) is 24.9 Å². The largest absolute Gasteiger partial charge is 0.465 e. The molecule has 7 rings (SSSR count). The summed E-state index contributed by atoms with van der Waals surface area (Å²) in [6.45, 7) is 2.08. The number of ether oxygens (including phenoxy) is 1. The van der Waals surface area contributed by atoms with Gasteiger partial charge in [0.25, 0.3) is 0 Å². The monoisotopic (exact) mass is 457 g/mol. The van der Waals surface area contributed by atoms with Crippen molar-refractivity contribution >= 4 is 35.1 Å². The lowest BCUT2D eigenvalue weighted by atomic mass is 9.48. The second-order valence-electron chi connectivity index (χ2n) is 9.03. The van der Waals surface area contributed by atoms with Gasteiger partial charge >= 0.3 is 5.97 Å². The number of rotatable bonds is 2. The van der Waals surface area contributed by atoms with E-state index in [9.17, 15) is 14.4 Å². The third-order valence-corrected chi connectivity index (χ3v) is 7.99. The Morgan fingerprint density at radius 3 is 2.15 bits per heavy atom. The highest BCUT2D eigenvalue weighted by Gasteiger charge is 2.66. The first-order chi connectivity index (χ1) is 15.9. The number of hydrogen-bond donors (Lipinski definition) is 0. The van der Waals surface area contributed by atoms with Crippen LogP contribution in [0.3, 0.4) is 0 Å². The molecule has 1 fully saturated rings. The fourth-order valence-electron chi connectivity index (χ4n) is 6.32. The third kappa shape index (κ3) is 2.40. The summed E-state index contributed by atoms with van der Waals surface area (Å²) in [6, 6.07) is 20.8. The number of imide groups is 1. The molecule has 1 saturated heterocycles. The molecule has 3 aromatic carbocycles. The van der Waals surface area contributed by atoms with Gasteiger partial charge in [0.15, 0.2) is 0 Å². The Hall–Kier alpha value is -3.44. The van der Waals surface area contributed by atoms with Crippen molar-refractivity contribution < 1.29 is 19.1 Å². The number of carbonyl (C=O) groups is 3. The first-order valence-electron chi connectivity index (χ1n) is 10.8. The van der Waals surface area contributed by atoms with E-state index in [4.69, 9.17) is 16.3 Å². The fraction of sp³-hybridized carbons (Fsp3) is 0.222. The lowest BCUT2D eigenvalue weighted by molar-refractivity contribution is -0.123. The van der Waals surface area contributed by atoms with E-state index in [1.807, 2.05) is 24.3 Å². The quantitative estimate of drug-likeness (QED) is 0.413. The molecule has 2 amide bonds. The number of nitrogens with zero attached hydrogens (tertiary/aromatic N) is 1. The highest BCUT2D eigenvalue weighted by molar-refractivity contribution is 6.34. The predicted molar refractivity (Wildman–Crippen MR) is 123 cm³/mol. The standard InChI is InChI=1S/C27H20ClNO4/c1-27-18-9-5-3-7-15(18)21(16-8-4-6-10-19(16)27)22-23(27)25(31)29(24(22)30)14-11-12-20(28)17(13-14)26(32)33-2/h3-13,21-23H,1-2H3/t21?,22-,23-,27?/m1/s1. The number of esters is 1. The van der Waals surface area contributed by atoms with Crippen LogP contribution in [0.2, 0.25) is 5.02 Å². The highest BCUT2D eigenvalue weighted by atomic mass is 35.5. The minimum Gasteiger partial charge on any atom is -0.465 e. The maximum Gasteiger partial charge on any atom is 0.339 e. The number of amides is 2. The molecule has 4 aliphatic rings. The van der Waals surface area contributed by atoms with E-state index < -0.39 is 23.2 Å². The molecule has 0 spiro atoms. The van der Waals surface area contributed by atoms with E-state index in [0.717, 1.165) is 22.3 Å². The average molecular weight is 458 g/mol. The average Bonchev–Trinajstić information content (AvgIpc) is 3.11. The summed E-state index contributed by atoms with van der Waals surface area (Å²) < 4.78 is 4.82. The van der Waals surface area contributed by atoms with E-state index in [2.05, 4.69) is 31.2 Å². The van der Waals surface area contributed by atoms with Crippen molar-refractivity contribution in [2.24, 2.45) is 11.8 Å². The molecular formula is C27H20ClNO4. The molecule has 2 bridgehead atoms. The molecule has 0 aromatic heterocycles. The molecule has 1 heterocycles. The molecule has 0 unspecified atom stereocenters. The number of halogens is 1.